The Labute approximate surface area is 242 Å². The van der Waals surface area contributed by atoms with Crippen molar-refractivity contribution in [3.63, 3.8) is 0 Å². The van der Waals surface area contributed by atoms with Gasteiger partial charge in [0.15, 0.2) is 11.6 Å². The predicted molar refractivity (Wildman–Crippen MR) is 158 cm³/mol. The monoisotopic (exact) mass is 566 g/mol. The summed E-state index contributed by atoms with van der Waals surface area (Å²) in [5.74, 6) is 0.204. The first-order chi connectivity index (χ1) is 19.7. The predicted octanol–water partition coefficient (Wildman–Crippen LogP) is 4.64. The van der Waals surface area contributed by atoms with Crippen LogP contribution >= 0.6 is 0 Å². The number of likely N-dealkylation sites (tertiary alicyclic amines) is 2. The molecule has 2 saturated heterocycles. The number of Topliss-reactive ketones (excluding diaryl/α,β-unsaturated/α-hetero) is 2. The van der Waals surface area contributed by atoms with Crippen molar-refractivity contribution in [2.45, 2.75) is 45.6 Å². The molecular weight excluding hydrogens is 523 g/mol. The molecule has 2 aromatic rings. The van der Waals surface area contributed by atoms with E-state index in [0.29, 0.717) is 29.3 Å². The Hall–Kier alpha value is -3.14. The Morgan fingerprint density at radius 2 is 1.66 bits per heavy atom. The maximum absolute atomic E-state index is 13.4. The summed E-state index contributed by atoms with van der Waals surface area (Å²) in [7, 11) is 1.71. The van der Waals surface area contributed by atoms with E-state index >= 15 is 0 Å². The Kier molecular flexibility index (Phi) is 11.0. The van der Waals surface area contributed by atoms with Gasteiger partial charge in [-0.2, -0.15) is 0 Å². The number of hydrogen-bond acceptors (Lipinski definition) is 6. The molecule has 0 aliphatic carbocycles. The average molecular weight is 567 g/mol. The van der Waals surface area contributed by atoms with Gasteiger partial charge in [-0.25, -0.2) is 9.18 Å². The van der Waals surface area contributed by atoms with Gasteiger partial charge in [0.05, 0.1) is 6.61 Å². The molecule has 2 aliphatic heterocycles. The summed E-state index contributed by atoms with van der Waals surface area (Å²) in [6, 6.07) is 11.2. The summed E-state index contributed by atoms with van der Waals surface area (Å²) in [5, 5.41) is 6.06. The number of nitrogens with one attached hydrogen (secondary N) is 2. The third kappa shape index (κ3) is 9.18. The van der Waals surface area contributed by atoms with Gasteiger partial charge >= 0.3 is 6.03 Å². The lowest BCUT2D eigenvalue weighted by Crippen LogP contribution is -2.56. The molecular formula is C32H43FN4O4. The minimum Gasteiger partial charge on any atom is -0.383 e. The van der Waals surface area contributed by atoms with Crippen LogP contribution in [-0.2, 0) is 11.2 Å². The van der Waals surface area contributed by atoms with E-state index in [2.05, 4.69) is 20.4 Å². The maximum Gasteiger partial charge on any atom is 0.319 e. The third-order valence-electron chi connectivity index (χ3n) is 8.28. The number of piperidine rings is 2. The van der Waals surface area contributed by atoms with Crippen LogP contribution < -0.4 is 10.6 Å². The van der Waals surface area contributed by atoms with E-state index in [9.17, 15) is 18.8 Å². The standard InChI is InChI=1S/C32H43FN4O4/c1-22(38)26-16-27(23(2)39)18-30(17-26)34-32(40)35-31-10-12-36(13-14-41-3)20-28(31)21-37-11-4-5-25(19-37)15-24-6-8-29(33)9-7-24/h6-9,16-18,25,28,31H,4-5,10-15,19-21H2,1-3H3,(H2,34,35,40)/t25-,28-,31+/m0/s1. The Morgan fingerprint density at radius 1 is 0.951 bits per heavy atom. The van der Waals surface area contributed by atoms with Crippen LogP contribution in [0.4, 0.5) is 14.9 Å². The summed E-state index contributed by atoms with van der Waals surface area (Å²) in [5.41, 5.74) is 2.36. The molecule has 0 saturated carbocycles. The van der Waals surface area contributed by atoms with Gasteiger partial charge < -0.3 is 25.2 Å². The largest absolute Gasteiger partial charge is 0.383 e. The average Bonchev–Trinajstić information content (AvgIpc) is 2.94. The third-order valence-corrected chi connectivity index (χ3v) is 8.28. The minimum absolute atomic E-state index is 0.0189. The number of methoxy groups -OCH3 is 1. The summed E-state index contributed by atoms with van der Waals surface area (Å²) in [4.78, 5) is 42.0. The highest BCUT2D eigenvalue weighted by Crippen LogP contribution is 2.25. The molecule has 8 nitrogen and oxygen atoms in total. The molecule has 2 fully saturated rings. The van der Waals surface area contributed by atoms with Crippen LogP contribution in [0.1, 0.15) is 59.4 Å². The number of rotatable bonds is 11. The SMILES string of the molecule is COCCN1CC[C@@H](NC(=O)Nc2cc(C(C)=O)cc(C(C)=O)c2)[C@H](CN2CCC[C@@H](Cc3ccc(F)cc3)C2)C1. The first kappa shape index (κ1) is 30.8. The van der Waals surface area contributed by atoms with Gasteiger partial charge in [-0.3, -0.25) is 9.59 Å². The van der Waals surface area contributed by atoms with E-state index in [1.54, 1.807) is 25.3 Å². The maximum atomic E-state index is 13.4. The first-order valence-electron chi connectivity index (χ1n) is 14.6. The molecule has 222 valence electrons. The zero-order chi connectivity index (χ0) is 29.4. The minimum atomic E-state index is -0.339. The lowest BCUT2D eigenvalue weighted by Gasteiger charge is -2.42. The highest BCUT2D eigenvalue weighted by molar-refractivity contribution is 6.02. The number of ether oxygens (including phenoxy) is 1. The van der Waals surface area contributed by atoms with Gasteiger partial charge in [-0.15, -0.1) is 0 Å². The summed E-state index contributed by atoms with van der Waals surface area (Å²) in [6.45, 7) is 9.02. The number of amides is 2. The van der Waals surface area contributed by atoms with Crippen molar-refractivity contribution in [1.29, 1.82) is 0 Å². The summed E-state index contributed by atoms with van der Waals surface area (Å²) in [6.07, 6.45) is 4.04. The van der Waals surface area contributed by atoms with E-state index in [0.717, 1.165) is 65.0 Å². The van der Waals surface area contributed by atoms with Crippen LogP contribution in [0.25, 0.3) is 0 Å². The number of benzene rings is 2. The summed E-state index contributed by atoms with van der Waals surface area (Å²) < 4.78 is 18.7. The number of anilines is 1. The van der Waals surface area contributed by atoms with Crippen molar-refractivity contribution in [2.75, 3.05) is 58.3 Å². The molecule has 2 amide bonds. The Balaban J connectivity index is 1.41. The van der Waals surface area contributed by atoms with Gasteiger partial charge in [0.2, 0.25) is 0 Å². The molecule has 0 spiro atoms. The van der Waals surface area contributed by atoms with Crippen molar-refractivity contribution in [1.82, 2.24) is 15.1 Å². The van der Waals surface area contributed by atoms with Crippen LogP contribution in [0, 0.1) is 17.7 Å². The van der Waals surface area contributed by atoms with Crippen molar-refractivity contribution in [3.8, 4) is 0 Å². The second kappa shape index (κ2) is 14.7. The Morgan fingerprint density at radius 3 is 2.32 bits per heavy atom. The number of carbonyl (C=O) groups excluding carboxylic acids is 3. The Bertz CT molecular complexity index is 1170. The summed E-state index contributed by atoms with van der Waals surface area (Å²) >= 11 is 0. The molecule has 4 rings (SSSR count). The molecule has 2 N–H and O–H groups in total. The van der Waals surface area contributed by atoms with E-state index in [4.69, 9.17) is 4.74 Å². The van der Waals surface area contributed by atoms with Gasteiger partial charge in [0, 0.05) is 68.6 Å². The number of ketones is 2. The van der Waals surface area contributed by atoms with E-state index < -0.39 is 0 Å². The molecule has 0 bridgehead atoms. The first-order valence-corrected chi connectivity index (χ1v) is 14.6. The molecule has 0 aromatic heterocycles. The highest BCUT2D eigenvalue weighted by atomic mass is 19.1. The second-order valence-corrected chi connectivity index (χ2v) is 11.6. The number of nitrogens with zero attached hydrogens (tertiary/aromatic N) is 2. The van der Waals surface area contributed by atoms with Crippen LogP contribution in [0.2, 0.25) is 0 Å². The lowest BCUT2D eigenvalue weighted by molar-refractivity contribution is 0.0689. The van der Waals surface area contributed by atoms with E-state index in [1.165, 1.54) is 31.5 Å². The van der Waals surface area contributed by atoms with E-state index in [-0.39, 0.29) is 35.4 Å². The van der Waals surface area contributed by atoms with Crippen molar-refractivity contribution >= 4 is 23.3 Å². The van der Waals surface area contributed by atoms with Gasteiger partial charge in [-0.1, -0.05) is 12.1 Å². The zero-order valence-corrected chi connectivity index (χ0v) is 24.5. The van der Waals surface area contributed by atoms with Crippen molar-refractivity contribution < 1.29 is 23.5 Å². The van der Waals surface area contributed by atoms with Crippen LogP contribution in [0.3, 0.4) is 0 Å². The number of urea groups is 1. The second-order valence-electron chi connectivity index (χ2n) is 11.6. The molecule has 9 heteroatoms. The molecule has 0 radical (unpaired) electrons. The van der Waals surface area contributed by atoms with Crippen LogP contribution in [-0.4, -0.2) is 86.4 Å². The topological polar surface area (TPSA) is 91.0 Å². The number of halogens is 1. The van der Waals surface area contributed by atoms with Gasteiger partial charge in [0.1, 0.15) is 5.82 Å². The molecule has 2 aromatic carbocycles. The smallest absolute Gasteiger partial charge is 0.319 e. The fourth-order valence-electron chi connectivity index (χ4n) is 6.12. The number of carbonyl (C=O) groups is 3. The molecule has 0 unspecified atom stereocenters. The zero-order valence-electron chi connectivity index (χ0n) is 24.5. The van der Waals surface area contributed by atoms with Gasteiger partial charge in [0.25, 0.3) is 0 Å². The fraction of sp³-hybridized carbons (Fsp3) is 0.531. The number of hydrogen-bond donors (Lipinski definition) is 2. The van der Waals surface area contributed by atoms with Crippen LogP contribution in [0.15, 0.2) is 42.5 Å². The lowest BCUT2D eigenvalue weighted by atomic mass is 9.88. The molecule has 2 aliphatic rings. The van der Waals surface area contributed by atoms with Gasteiger partial charge in [-0.05, 0) is 87.9 Å². The fourth-order valence-corrected chi connectivity index (χ4v) is 6.12. The van der Waals surface area contributed by atoms with Crippen molar-refractivity contribution in [3.05, 3.63) is 65.0 Å². The van der Waals surface area contributed by atoms with E-state index in [1.807, 2.05) is 12.1 Å². The normalized spacial score (nSPS) is 21.8. The molecule has 2 heterocycles. The van der Waals surface area contributed by atoms with Crippen molar-refractivity contribution in [2.24, 2.45) is 11.8 Å². The molecule has 41 heavy (non-hydrogen) atoms. The molecule has 3 atom stereocenters. The highest BCUT2D eigenvalue weighted by Gasteiger charge is 2.33. The quantitative estimate of drug-likeness (QED) is 0.385. The van der Waals surface area contributed by atoms with Crippen LogP contribution in [0.5, 0.6) is 0 Å².